The monoisotopic (exact) mass is 845 g/mol. The predicted octanol–water partition coefficient (Wildman–Crippen LogP) is 13.4. The Morgan fingerprint density at radius 2 is 1.39 bits per heavy atom. The highest BCUT2D eigenvalue weighted by molar-refractivity contribution is 6.06. The van der Waals surface area contributed by atoms with Crippen molar-refractivity contribution in [3.05, 3.63) is 89.5 Å². The van der Waals surface area contributed by atoms with Gasteiger partial charge in [-0.2, -0.15) is 0 Å². The van der Waals surface area contributed by atoms with Crippen molar-refractivity contribution >= 4 is 29.2 Å². The van der Waals surface area contributed by atoms with Gasteiger partial charge in [-0.15, -0.1) is 0 Å². The van der Waals surface area contributed by atoms with E-state index in [2.05, 4.69) is 34.6 Å². The fourth-order valence-corrected chi connectivity index (χ4v) is 13.0. The quantitative estimate of drug-likeness (QED) is 0.0406. The summed E-state index contributed by atoms with van der Waals surface area (Å²) in [5.41, 5.74) is 15.4. The number of carbonyl (C=O) groups is 2. The van der Waals surface area contributed by atoms with Gasteiger partial charge in [0, 0.05) is 16.9 Å². The van der Waals surface area contributed by atoms with Gasteiger partial charge in [0.1, 0.15) is 11.5 Å². The molecule has 4 saturated carbocycles. The molecule has 9 atom stereocenters. The van der Waals surface area contributed by atoms with Crippen molar-refractivity contribution in [3.8, 4) is 11.5 Å². The van der Waals surface area contributed by atoms with Crippen molar-refractivity contribution in [1.82, 2.24) is 0 Å². The molecule has 336 valence electrons. The number of nitrogens with two attached hydrogens (primary N) is 2. The molecule has 0 radical (unpaired) electrons. The Morgan fingerprint density at radius 1 is 0.710 bits per heavy atom. The number of fused-ring (bicyclic) bond motifs is 5. The number of esters is 1. The molecule has 4 N–H and O–H groups in total. The van der Waals surface area contributed by atoms with Crippen LogP contribution in [0.2, 0.25) is 0 Å². The van der Waals surface area contributed by atoms with E-state index in [9.17, 15) is 9.59 Å². The summed E-state index contributed by atoms with van der Waals surface area (Å²) in [4.78, 5) is 25.3. The van der Waals surface area contributed by atoms with Crippen LogP contribution in [-0.4, -0.2) is 31.1 Å². The lowest BCUT2D eigenvalue weighted by atomic mass is 9.44. The second-order valence-electron chi connectivity index (χ2n) is 20.8. The van der Waals surface area contributed by atoms with Crippen LogP contribution in [0, 0.1) is 52.3 Å². The van der Waals surface area contributed by atoms with E-state index in [0.717, 1.165) is 97.0 Å². The number of ketones is 1. The molecule has 3 aromatic rings. The molecule has 3 aromatic carbocycles. The van der Waals surface area contributed by atoms with Crippen LogP contribution in [0.3, 0.4) is 0 Å². The fourth-order valence-electron chi connectivity index (χ4n) is 13.0. The summed E-state index contributed by atoms with van der Waals surface area (Å²) in [6.07, 6.45) is 23.7. The van der Waals surface area contributed by atoms with Gasteiger partial charge in [-0.05, 0) is 202 Å². The van der Waals surface area contributed by atoms with Crippen LogP contribution in [0.4, 0.5) is 11.4 Å². The lowest BCUT2D eigenvalue weighted by Crippen LogP contribution is -2.54. The maximum atomic E-state index is 13.1. The zero-order valence-electron chi connectivity index (χ0n) is 38.5. The number of rotatable bonds is 19. The number of carbonyl (C=O) groups excluding carboxylic acids is 2. The zero-order chi connectivity index (χ0) is 43.9. The molecular weight excluding hydrogens is 769 g/mol. The van der Waals surface area contributed by atoms with Crippen molar-refractivity contribution in [2.75, 3.05) is 24.7 Å². The molecule has 4 aliphatic rings. The molecule has 0 aromatic heterocycles. The Labute approximate surface area is 373 Å². The number of nitrogen functional groups attached to an aromatic ring is 2. The molecule has 0 aliphatic heterocycles. The maximum Gasteiger partial charge on any atom is 0.338 e. The largest absolute Gasteiger partial charge is 0.494 e. The Balaban J connectivity index is 0.800. The lowest BCUT2D eigenvalue weighted by molar-refractivity contribution is -0.126. The minimum absolute atomic E-state index is 0.0240. The number of unbranched alkanes of at least 4 members (excludes halogenated alkanes) is 3. The van der Waals surface area contributed by atoms with E-state index in [-0.39, 0.29) is 11.9 Å². The van der Waals surface area contributed by atoms with E-state index < -0.39 is 5.97 Å². The summed E-state index contributed by atoms with van der Waals surface area (Å²) in [6.45, 7) is 13.7. The van der Waals surface area contributed by atoms with Crippen molar-refractivity contribution in [1.29, 1.82) is 0 Å². The third-order valence-corrected chi connectivity index (χ3v) is 16.3. The molecule has 7 rings (SSSR count). The molecular formula is C55H76N2O5. The van der Waals surface area contributed by atoms with Gasteiger partial charge < -0.3 is 25.7 Å². The molecule has 7 heteroatoms. The third-order valence-electron chi connectivity index (χ3n) is 16.3. The summed E-state index contributed by atoms with van der Waals surface area (Å²) in [5, 5.41) is 0. The van der Waals surface area contributed by atoms with Crippen LogP contribution >= 0.6 is 0 Å². The highest BCUT2D eigenvalue weighted by Gasteiger charge is 2.60. The number of ether oxygens (including phenoxy) is 3. The minimum Gasteiger partial charge on any atom is -0.494 e. The number of anilines is 2. The van der Waals surface area contributed by atoms with Gasteiger partial charge in [0.15, 0.2) is 5.78 Å². The van der Waals surface area contributed by atoms with Crippen LogP contribution in [0.25, 0.3) is 6.08 Å². The number of allylic oxidation sites excluding steroid dienone is 1. The Kier molecular flexibility index (Phi) is 15.1. The molecule has 0 heterocycles. The third kappa shape index (κ3) is 10.9. The minimum atomic E-state index is -0.410. The van der Waals surface area contributed by atoms with Gasteiger partial charge in [-0.25, -0.2) is 4.79 Å². The molecule has 0 bridgehead atoms. The van der Waals surface area contributed by atoms with Crippen LogP contribution in [0.15, 0.2) is 72.8 Å². The second-order valence-corrected chi connectivity index (χ2v) is 20.8. The summed E-state index contributed by atoms with van der Waals surface area (Å²) in [7, 11) is 0. The predicted molar refractivity (Wildman–Crippen MR) is 253 cm³/mol. The van der Waals surface area contributed by atoms with Gasteiger partial charge in [0.05, 0.1) is 24.9 Å². The fraction of sp³-hybridized carbons (Fsp3) is 0.600. The zero-order valence-corrected chi connectivity index (χ0v) is 38.5. The van der Waals surface area contributed by atoms with Crippen LogP contribution < -0.4 is 20.9 Å². The van der Waals surface area contributed by atoms with E-state index >= 15 is 0 Å². The highest BCUT2D eigenvalue weighted by Crippen LogP contribution is 2.68. The van der Waals surface area contributed by atoms with Gasteiger partial charge in [-0.3, -0.25) is 4.79 Å². The van der Waals surface area contributed by atoms with Gasteiger partial charge in [-0.1, -0.05) is 72.1 Å². The molecule has 4 fully saturated rings. The highest BCUT2D eigenvalue weighted by atomic mass is 16.5. The molecule has 0 spiro atoms. The molecule has 62 heavy (non-hydrogen) atoms. The molecule has 4 aliphatic carbocycles. The smallest absolute Gasteiger partial charge is 0.338 e. The molecule has 7 nitrogen and oxygen atoms in total. The van der Waals surface area contributed by atoms with Gasteiger partial charge in [0.25, 0.3) is 0 Å². The van der Waals surface area contributed by atoms with Crippen molar-refractivity contribution in [2.24, 2.45) is 52.3 Å². The van der Waals surface area contributed by atoms with Crippen molar-refractivity contribution < 1.29 is 23.8 Å². The average Bonchev–Trinajstić information content (AvgIpc) is 3.61. The van der Waals surface area contributed by atoms with Crippen LogP contribution in [0.1, 0.15) is 164 Å². The summed E-state index contributed by atoms with van der Waals surface area (Å²) >= 11 is 0. The molecule has 0 saturated heterocycles. The topological polar surface area (TPSA) is 114 Å². The number of hydrogen-bond acceptors (Lipinski definition) is 7. The van der Waals surface area contributed by atoms with Crippen molar-refractivity contribution in [2.45, 2.75) is 143 Å². The Bertz CT molecular complexity index is 1950. The first-order valence-electron chi connectivity index (χ1n) is 24.4. The van der Waals surface area contributed by atoms with E-state index in [1.54, 1.807) is 24.3 Å². The Morgan fingerprint density at radius 3 is 2.11 bits per heavy atom. The van der Waals surface area contributed by atoms with E-state index in [4.69, 9.17) is 25.7 Å². The van der Waals surface area contributed by atoms with E-state index in [0.29, 0.717) is 46.5 Å². The van der Waals surface area contributed by atoms with Crippen LogP contribution in [0.5, 0.6) is 11.5 Å². The summed E-state index contributed by atoms with van der Waals surface area (Å²) < 4.78 is 17.9. The second kappa shape index (κ2) is 20.5. The van der Waals surface area contributed by atoms with Crippen LogP contribution in [-0.2, 0) is 4.74 Å². The average molecular weight is 845 g/mol. The summed E-state index contributed by atoms with van der Waals surface area (Å²) in [6, 6.07) is 20.3. The first-order valence-corrected chi connectivity index (χ1v) is 24.4. The normalized spacial score (nSPS) is 28.5. The first-order chi connectivity index (χ1) is 29.8. The van der Waals surface area contributed by atoms with Crippen molar-refractivity contribution in [3.63, 3.8) is 0 Å². The summed E-state index contributed by atoms with van der Waals surface area (Å²) in [5.74, 6) is 7.32. The van der Waals surface area contributed by atoms with Gasteiger partial charge >= 0.3 is 5.97 Å². The van der Waals surface area contributed by atoms with E-state index in [1.165, 1.54) is 64.2 Å². The SMILES string of the molecule is CC(C)CCC[C@@H](C)[C@H]1CC[C@H]2[C@@H]3CCC4CC(Oc5ccc(C(=O)C=Cc6ccc(OCCCCCCOC(=O)c7cc(N)cc(N)c7)cc6)cc5)CC[C@]4(C)[C@H]3CC[C@]12C. The Hall–Kier alpha value is -4.26. The maximum absolute atomic E-state index is 13.1. The lowest BCUT2D eigenvalue weighted by Gasteiger charge is -2.61. The molecule has 0 amide bonds. The van der Waals surface area contributed by atoms with E-state index in [1.807, 2.05) is 54.6 Å². The number of hydrogen-bond donors (Lipinski definition) is 2. The number of benzene rings is 3. The molecule has 2 unspecified atom stereocenters. The van der Waals surface area contributed by atoms with Gasteiger partial charge in [0.2, 0.25) is 0 Å². The standard InChI is InChI=1S/C55H76N2O5/c1-37(2)11-10-12-38(3)49-24-25-50-48-23-18-42-35-47(27-29-54(42,4)51(48)28-30-55(49,50)5)62-46-21-16-40(17-22-46)52(58)26-15-39-13-19-45(20-14-39)60-31-8-6-7-9-32-61-53(59)41-33-43(56)36-44(57)34-41/h13-17,19-22,26,33-34,36-38,42,47-51H,6-12,18,23-25,27-32,35,56-57H2,1-5H3/t38-,42?,47?,48+,49-,50+,51+,54+,55-/m1/s1. The first kappa shape index (κ1) is 45.8.